The van der Waals surface area contributed by atoms with Crippen LogP contribution in [0, 0.1) is 12.8 Å². The summed E-state index contributed by atoms with van der Waals surface area (Å²) in [4.78, 5) is 7.94. The first-order valence-corrected chi connectivity index (χ1v) is 12.6. The van der Waals surface area contributed by atoms with Crippen molar-refractivity contribution in [2.75, 3.05) is 19.4 Å². The van der Waals surface area contributed by atoms with Crippen molar-refractivity contribution in [3.8, 4) is 0 Å². The van der Waals surface area contributed by atoms with E-state index in [-0.39, 0.29) is 17.0 Å². The number of aromatic nitrogens is 2. The van der Waals surface area contributed by atoms with Crippen LogP contribution in [0.3, 0.4) is 0 Å². The van der Waals surface area contributed by atoms with Crippen molar-refractivity contribution < 1.29 is 13.2 Å². The average molecular weight is 424 g/mol. The standard InChI is InChI=1S/C20H29N3O3S2/c1-15-7-9-27-19(15)13-22(2)11-17-10-21-20(28(24,25)14-16-5-6-16)23(17)12-18-4-3-8-26-18/h7,9-10,16,18H,3-6,8,11-14H2,1-2H3/t18-/m0/s1. The molecule has 2 fully saturated rings. The van der Waals surface area contributed by atoms with E-state index in [9.17, 15) is 8.42 Å². The molecule has 1 aliphatic carbocycles. The van der Waals surface area contributed by atoms with Crippen LogP contribution in [0.5, 0.6) is 0 Å². The van der Waals surface area contributed by atoms with Crippen LogP contribution in [0.15, 0.2) is 22.8 Å². The van der Waals surface area contributed by atoms with Gasteiger partial charge in [0.05, 0.1) is 30.3 Å². The van der Waals surface area contributed by atoms with Crippen LogP contribution in [-0.4, -0.2) is 48.4 Å². The molecule has 154 valence electrons. The van der Waals surface area contributed by atoms with Gasteiger partial charge < -0.3 is 9.30 Å². The van der Waals surface area contributed by atoms with Crippen molar-refractivity contribution in [3.05, 3.63) is 33.8 Å². The predicted octanol–water partition coefficient (Wildman–Crippen LogP) is 3.25. The van der Waals surface area contributed by atoms with Gasteiger partial charge in [-0.2, -0.15) is 0 Å². The molecule has 1 atom stereocenters. The van der Waals surface area contributed by atoms with E-state index in [2.05, 4.69) is 35.3 Å². The summed E-state index contributed by atoms with van der Waals surface area (Å²) in [6.45, 7) is 4.97. The van der Waals surface area contributed by atoms with Crippen molar-refractivity contribution in [2.24, 2.45) is 5.92 Å². The molecule has 2 aromatic rings. The summed E-state index contributed by atoms with van der Waals surface area (Å²) < 4.78 is 33.6. The van der Waals surface area contributed by atoms with Crippen LogP contribution in [0.25, 0.3) is 0 Å². The summed E-state index contributed by atoms with van der Waals surface area (Å²) in [5, 5.41) is 2.34. The molecule has 28 heavy (non-hydrogen) atoms. The second kappa shape index (κ2) is 8.26. The molecule has 8 heteroatoms. The number of rotatable bonds is 9. The number of ether oxygens (including phenoxy) is 1. The first-order chi connectivity index (χ1) is 13.4. The van der Waals surface area contributed by atoms with E-state index >= 15 is 0 Å². The highest BCUT2D eigenvalue weighted by molar-refractivity contribution is 7.91. The Kier molecular flexibility index (Phi) is 5.92. The first-order valence-electron chi connectivity index (χ1n) is 10.0. The maximum absolute atomic E-state index is 12.9. The van der Waals surface area contributed by atoms with E-state index in [1.165, 1.54) is 10.4 Å². The Hall–Kier alpha value is -1.22. The maximum atomic E-state index is 12.9. The molecular formula is C20H29N3O3S2. The molecule has 1 aliphatic heterocycles. The quantitative estimate of drug-likeness (QED) is 0.619. The van der Waals surface area contributed by atoms with Gasteiger partial charge in [-0.3, -0.25) is 4.90 Å². The minimum absolute atomic E-state index is 0.0765. The van der Waals surface area contributed by atoms with E-state index in [1.807, 2.05) is 4.57 Å². The molecule has 2 aliphatic rings. The Balaban J connectivity index is 1.55. The highest BCUT2D eigenvalue weighted by atomic mass is 32.2. The number of aryl methyl sites for hydroxylation is 1. The highest BCUT2D eigenvalue weighted by Gasteiger charge is 2.33. The predicted molar refractivity (Wildman–Crippen MR) is 110 cm³/mol. The molecular weight excluding hydrogens is 394 g/mol. The zero-order chi connectivity index (χ0) is 19.7. The third-order valence-electron chi connectivity index (χ3n) is 5.56. The Labute approximate surface area is 171 Å². The maximum Gasteiger partial charge on any atom is 0.227 e. The summed E-state index contributed by atoms with van der Waals surface area (Å²) in [6, 6.07) is 2.14. The minimum atomic E-state index is -3.36. The van der Waals surface area contributed by atoms with E-state index in [0.29, 0.717) is 19.0 Å². The monoisotopic (exact) mass is 423 g/mol. The van der Waals surface area contributed by atoms with Gasteiger partial charge in [0.15, 0.2) is 0 Å². The van der Waals surface area contributed by atoms with Gasteiger partial charge in [-0.25, -0.2) is 13.4 Å². The van der Waals surface area contributed by atoms with Crippen LogP contribution in [0.1, 0.15) is 41.8 Å². The fourth-order valence-corrected chi connectivity index (χ4v) is 6.60. The topological polar surface area (TPSA) is 64.4 Å². The molecule has 4 rings (SSSR count). The largest absolute Gasteiger partial charge is 0.376 e. The third-order valence-corrected chi connectivity index (χ3v) is 8.36. The Morgan fingerprint density at radius 3 is 2.79 bits per heavy atom. The number of sulfone groups is 1. The van der Waals surface area contributed by atoms with Gasteiger partial charge in [-0.1, -0.05) is 0 Å². The molecule has 0 unspecified atom stereocenters. The summed E-state index contributed by atoms with van der Waals surface area (Å²) in [5.41, 5.74) is 2.25. The van der Waals surface area contributed by atoms with Gasteiger partial charge in [0.2, 0.25) is 15.0 Å². The van der Waals surface area contributed by atoms with E-state index in [1.54, 1.807) is 17.5 Å². The molecule has 1 saturated heterocycles. The van der Waals surface area contributed by atoms with Crippen LogP contribution in [0.4, 0.5) is 0 Å². The van der Waals surface area contributed by atoms with Crippen LogP contribution in [0.2, 0.25) is 0 Å². The third kappa shape index (κ3) is 4.67. The van der Waals surface area contributed by atoms with Crippen molar-refractivity contribution in [2.45, 2.75) is 63.5 Å². The van der Waals surface area contributed by atoms with Crippen LogP contribution < -0.4 is 0 Å². The molecule has 0 bridgehead atoms. The number of nitrogens with zero attached hydrogens (tertiary/aromatic N) is 3. The van der Waals surface area contributed by atoms with Crippen molar-refractivity contribution >= 4 is 21.2 Å². The Morgan fingerprint density at radius 1 is 1.32 bits per heavy atom. The summed E-state index contributed by atoms with van der Waals surface area (Å²) in [7, 11) is -1.29. The van der Waals surface area contributed by atoms with Gasteiger partial charge >= 0.3 is 0 Å². The normalized spacial score (nSPS) is 20.3. The molecule has 3 heterocycles. The van der Waals surface area contributed by atoms with E-state index in [0.717, 1.165) is 44.5 Å². The number of hydrogen-bond acceptors (Lipinski definition) is 6. The van der Waals surface area contributed by atoms with Crippen LogP contribution >= 0.6 is 11.3 Å². The zero-order valence-electron chi connectivity index (χ0n) is 16.6. The lowest BCUT2D eigenvalue weighted by atomic mass is 10.2. The van der Waals surface area contributed by atoms with Crippen molar-refractivity contribution in [1.82, 2.24) is 14.5 Å². The van der Waals surface area contributed by atoms with E-state index < -0.39 is 9.84 Å². The van der Waals surface area contributed by atoms with Crippen molar-refractivity contribution in [3.63, 3.8) is 0 Å². The smallest absolute Gasteiger partial charge is 0.227 e. The lowest BCUT2D eigenvalue weighted by Gasteiger charge is -2.20. The lowest BCUT2D eigenvalue weighted by molar-refractivity contribution is 0.0934. The highest BCUT2D eigenvalue weighted by Crippen LogP contribution is 2.32. The second-order valence-electron chi connectivity index (χ2n) is 8.20. The number of hydrogen-bond donors (Lipinski definition) is 0. The molecule has 0 N–H and O–H groups in total. The SMILES string of the molecule is Cc1ccsc1CN(C)Cc1cnc(S(=O)(=O)CC2CC2)n1C[C@@H]1CCCO1. The van der Waals surface area contributed by atoms with Crippen molar-refractivity contribution in [1.29, 1.82) is 0 Å². The van der Waals surface area contributed by atoms with Gasteiger partial charge in [0, 0.05) is 24.6 Å². The fraction of sp³-hybridized carbons (Fsp3) is 0.650. The fourth-order valence-electron chi connectivity index (χ4n) is 3.77. The number of imidazole rings is 1. The Morgan fingerprint density at radius 2 is 2.14 bits per heavy atom. The first kappa shape index (κ1) is 20.1. The summed E-state index contributed by atoms with van der Waals surface area (Å²) in [6.07, 6.45) is 5.86. The van der Waals surface area contributed by atoms with E-state index in [4.69, 9.17) is 4.74 Å². The molecule has 1 saturated carbocycles. The Bertz CT molecular complexity index is 909. The number of thiophene rings is 1. The van der Waals surface area contributed by atoms with Gasteiger partial charge in [-0.05, 0) is 62.6 Å². The summed E-state index contributed by atoms with van der Waals surface area (Å²) in [5.74, 6) is 0.532. The van der Waals surface area contributed by atoms with Gasteiger partial charge in [0.1, 0.15) is 0 Å². The molecule has 0 radical (unpaired) electrons. The molecule has 0 aromatic carbocycles. The molecule has 0 amide bonds. The molecule has 0 spiro atoms. The minimum Gasteiger partial charge on any atom is -0.376 e. The lowest BCUT2D eigenvalue weighted by Crippen LogP contribution is -2.25. The van der Waals surface area contributed by atoms with Crippen LogP contribution in [-0.2, 0) is 34.2 Å². The average Bonchev–Trinajstić information content (AvgIpc) is 3.00. The molecule has 6 nitrogen and oxygen atoms in total. The summed E-state index contributed by atoms with van der Waals surface area (Å²) >= 11 is 1.76. The van der Waals surface area contributed by atoms with Gasteiger partial charge in [-0.15, -0.1) is 11.3 Å². The van der Waals surface area contributed by atoms with Gasteiger partial charge in [0.25, 0.3) is 0 Å². The molecule has 2 aromatic heterocycles. The second-order valence-corrected chi connectivity index (χ2v) is 11.1. The zero-order valence-corrected chi connectivity index (χ0v) is 18.3.